The Kier molecular flexibility index (Phi) is 18.5. The van der Waals surface area contributed by atoms with Crippen LogP contribution in [-0.2, 0) is 44.9 Å². The summed E-state index contributed by atoms with van der Waals surface area (Å²) >= 11 is 11.2. The predicted molar refractivity (Wildman–Crippen MR) is 341 cm³/mol. The number of benzene rings is 4. The van der Waals surface area contributed by atoms with E-state index in [-0.39, 0.29) is 67.3 Å². The number of fused-ring (bicyclic) bond motifs is 8. The first kappa shape index (κ1) is 61.1. The maximum absolute atomic E-state index is 14.0. The van der Waals surface area contributed by atoms with Crippen molar-refractivity contribution in [2.75, 3.05) is 39.4 Å². The van der Waals surface area contributed by atoms with Gasteiger partial charge in [0.2, 0.25) is 0 Å². The maximum atomic E-state index is 14.0. The van der Waals surface area contributed by atoms with E-state index in [1.54, 1.807) is 0 Å². The van der Waals surface area contributed by atoms with Gasteiger partial charge in [0, 0.05) is 51.9 Å². The molecule has 0 saturated carbocycles. The molecule has 84 heavy (non-hydrogen) atoms. The lowest BCUT2D eigenvalue weighted by Gasteiger charge is -2.38. The molecule has 4 amide bonds. The van der Waals surface area contributed by atoms with Crippen LogP contribution in [-0.4, -0.2) is 103 Å². The standard InChI is InChI=1S/C70H80N4O8S2/c1-11-27-81-61-47-19-17-20-48(61)36-52-30-44(24-26-46-34-56(42-70(9,10)40-46)58-65(79)73(15-5)68(84)74(16-6)66(58)80)32-54(60(52)76)38-50-22-18-21-49(62(50)82-28-12-2)37-53-31-43(29-51(35-47)59(53)75)23-25-45-33-55(41-69(7,8)39-45)57-63(77)71(13-3)67(83)72(14-4)64(57)78/h17-26,29-34,75-76H,11-16,27-28,35-42H2,1-10H3/b25-23+,26-24+. The fourth-order valence-corrected chi connectivity index (χ4v) is 13.5. The van der Waals surface area contributed by atoms with E-state index in [0.717, 1.165) is 57.4 Å². The third-order valence-corrected chi connectivity index (χ3v) is 17.3. The van der Waals surface area contributed by atoms with Crippen molar-refractivity contribution in [3.8, 4) is 23.0 Å². The number of phenols is 2. The zero-order valence-electron chi connectivity index (χ0n) is 50.5. The second-order valence-electron chi connectivity index (χ2n) is 24.3. The Morgan fingerprint density at radius 1 is 0.464 bits per heavy atom. The lowest BCUT2D eigenvalue weighted by Crippen LogP contribution is -2.56. The Morgan fingerprint density at radius 2 is 0.762 bits per heavy atom. The van der Waals surface area contributed by atoms with E-state index >= 15 is 0 Å². The van der Waals surface area contributed by atoms with E-state index in [4.69, 9.17) is 33.9 Å². The summed E-state index contributed by atoms with van der Waals surface area (Å²) in [6, 6.07) is 20.3. The van der Waals surface area contributed by atoms with E-state index in [9.17, 15) is 29.4 Å². The number of para-hydroxylation sites is 2. The second-order valence-corrected chi connectivity index (χ2v) is 25.0. The second kappa shape index (κ2) is 25.4. The van der Waals surface area contributed by atoms with Crippen molar-refractivity contribution in [3.05, 3.63) is 174 Å². The van der Waals surface area contributed by atoms with E-state index in [0.29, 0.717) is 136 Å². The van der Waals surface area contributed by atoms with Gasteiger partial charge in [0.1, 0.15) is 34.1 Å². The number of carbonyl (C=O) groups is 4. The molecule has 0 aromatic heterocycles. The van der Waals surface area contributed by atoms with E-state index < -0.39 is 0 Å². The van der Waals surface area contributed by atoms with Crippen molar-refractivity contribution in [1.29, 1.82) is 0 Å². The third kappa shape index (κ3) is 12.7. The fraction of sp³-hybridized carbons (Fsp3) is 0.400. The van der Waals surface area contributed by atoms with Gasteiger partial charge in [-0.3, -0.25) is 38.8 Å². The quantitative estimate of drug-likeness (QED) is 0.0627. The van der Waals surface area contributed by atoms with Crippen molar-refractivity contribution in [1.82, 2.24) is 19.6 Å². The highest BCUT2D eigenvalue weighted by Crippen LogP contribution is 2.45. The van der Waals surface area contributed by atoms with Gasteiger partial charge < -0.3 is 19.7 Å². The average molecular weight is 1170 g/mol. The summed E-state index contributed by atoms with van der Waals surface area (Å²) in [5.74, 6) is 0.336. The van der Waals surface area contributed by atoms with Crippen molar-refractivity contribution < 1.29 is 38.9 Å². The van der Waals surface area contributed by atoms with Gasteiger partial charge in [-0.25, -0.2) is 0 Å². The van der Waals surface area contributed by atoms with E-state index in [1.165, 1.54) is 19.6 Å². The summed E-state index contributed by atoms with van der Waals surface area (Å²) < 4.78 is 13.4. The monoisotopic (exact) mass is 1170 g/mol. The number of aromatic hydroxyl groups is 2. The number of carbonyl (C=O) groups excluding carboxylic acids is 4. The highest BCUT2D eigenvalue weighted by atomic mass is 32.1. The minimum absolute atomic E-state index is 0.171. The first-order chi connectivity index (χ1) is 40.1. The largest absolute Gasteiger partial charge is 0.507 e. The van der Waals surface area contributed by atoms with Crippen LogP contribution >= 0.6 is 24.4 Å². The number of thiocarbonyl (C=S) groups is 2. The highest BCUT2D eigenvalue weighted by molar-refractivity contribution is 7.80. The molecule has 5 aliphatic rings. The van der Waals surface area contributed by atoms with Crippen LogP contribution in [0.15, 0.2) is 118 Å². The number of hydrogen-bond acceptors (Lipinski definition) is 10. The number of amides is 4. The van der Waals surface area contributed by atoms with Crippen molar-refractivity contribution in [2.45, 2.75) is 133 Å². The van der Waals surface area contributed by atoms with E-state index in [2.05, 4.69) is 65.8 Å². The maximum Gasteiger partial charge on any atom is 0.265 e. The molecule has 12 nitrogen and oxygen atoms in total. The minimum atomic E-state index is -0.358. The Bertz CT molecular complexity index is 3180. The van der Waals surface area contributed by atoms with Crippen LogP contribution in [0.1, 0.15) is 163 Å². The number of rotatable bonds is 14. The average Bonchev–Trinajstić information content (AvgIpc) is 1.23. The lowest BCUT2D eigenvalue weighted by molar-refractivity contribution is -0.135. The van der Waals surface area contributed by atoms with Crippen molar-refractivity contribution >= 4 is 70.4 Å². The van der Waals surface area contributed by atoms with Crippen molar-refractivity contribution in [3.63, 3.8) is 0 Å². The van der Waals surface area contributed by atoms with Gasteiger partial charge in [-0.05, 0) is 204 Å². The Hall–Kier alpha value is -7.42. The Morgan fingerprint density at radius 3 is 1.04 bits per heavy atom. The molecule has 0 atom stereocenters. The highest BCUT2D eigenvalue weighted by Gasteiger charge is 2.43. The summed E-state index contributed by atoms with van der Waals surface area (Å²) in [6.45, 7) is 22.6. The third-order valence-electron chi connectivity index (χ3n) is 16.4. The topological polar surface area (TPSA) is 140 Å². The van der Waals surface area contributed by atoms with Gasteiger partial charge in [-0.1, -0.05) is 114 Å². The molecule has 8 bridgehead atoms. The summed E-state index contributed by atoms with van der Waals surface area (Å²) in [7, 11) is 0. The molecule has 0 unspecified atom stereocenters. The van der Waals surface area contributed by atoms with E-state index in [1.807, 2.05) is 101 Å². The Labute approximate surface area is 506 Å². The van der Waals surface area contributed by atoms with Crippen LogP contribution in [0.5, 0.6) is 23.0 Å². The molecule has 3 aliphatic carbocycles. The Balaban J connectivity index is 1.15. The lowest BCUT2D eigenvalue weighted by atomic mass is 9.73. The number of nitrogens with zero attached hydrogens (tertiary/aromatic N) is 4. The number of allylic oxidation sites excluding steroid dienone is 8. The summed E-state index contributed by atoms with van der Waals surface area (Å²) in [6.07, 6.45) is 17.7. The molecule has 14 heteroatoms. The van der Waals surface area contributed by atoms with Gasteiger partial charge in [0.15, 0.2) is 10.2 Å². The van der Waals surface area contributed by atoms with Gasteiger partial charge in [-0.2, -0.15) is 0 Å². The number of hydrogen-bond donors (Lipinski definition) is 2. The molecule has 440 valence electrons. The molecular weight excluding hydrogens is 1090 g/mol. The SMILES string of the molecule is CCCOc1c2cccc1Cc1cc(/C=C/C3=CC(=C4C(=O)N(CC)C(=S)N(CC)C4=O)CC(C)(C)C3)cc(c1O)Cc1cccc(c1OCCC)Cc1cc(/C=C/C3=CC(=C4C(=O)N(CC)C(=S)N(CC)C4=O)CC(C)(C)C3)cc(c1O)C2. The molecule has 0 radical (unpaired) electrons. The predicted octanol–water partition coefficient (Wildman–Crippen LogP) is 13.5. The molecule has 2 fully saturated rings. The number of phenolic OH excluding ortho intramolecular Hbond substituents is 2. The zero-order valence-corrected chi connectivity index (χ0v) is 52.1. The molecule has 2 saturated heterocycles. The number of likely N-dealkylation sites (N-methyl/N-ethyl adjacent to an activating group) is 4. The first-order valence-corrected chi connectivity index (χ1v) is 30.7. The number of ether oxygens (including phenoxy) is 2. The molecule has 2 aliphatic heterocycles. The molecule has 9 rings (SSSR count). The smallest absolute Gasteiger partial charge is 0.265 e. The first-order valence-electron chi connectivity index (χ1n) is 29.9. The van der Waals surface area contributed by atoms with Gasteiger partial charge in [0.25, 0.3) is 23.6 Å². The minimum Gasteiger partial charge on any atom is -0.507 e. The van der Waals surface area contributed by atoms with Gasteiger partial charge in [0.05, 0.1) is 13.2 Å². The van der Waals surface area contributed by atoms with Crippen LogP contribution in [0.4, 0.5) is 0 Å². The molecule has 4 aromatic carbocycles. The molecular formula is C70H80N4O8S2. The fourth-order valence-electron chi connectivity index (χ4n) is 12.6. The van der Waals surface area contributed by atoms with Crippen LogP contribution in [0.25, 0.3) is 12.2 Å². The molecule has 0 spiro atoms. The zero-order chi connectivity index (χ0) is 60.4. The normalized spacial score (nSPS) is 18.4. The van der Waals surface area contributed by atoms with Crippen molar-refractivity contribution in [2.24, 2.45) is 10.8 Å². The molecule has 2 heterocycles. The van der Waals surface area contributed by atoms with Gasteiger partial charge in [-0.15, -0.1) is 0 Å². The van der Waals surface area contributed by atoms with Crippen LogP contribution in [0.2, 0.25) is 0 Å². The summed E-state index contributed by atoms with van der Waals surface area (Å²) in [5.41, 5.74) is 11.3. The summed E-state index contributed by atoms with van der Waals surface area (Å²) in [5, 5.41) is 25.5. The van der Waals surface area contributed by atoms with Crippen LogP contribution in [0.3, 0.4) is 0 Å². The van der Waals surface area contributed by atoms with Crippen LogP contribution < -0.4 is 9.47 Å². The molecule has 4 aromatic rings. The van der Waals surface area contributed by atoms with Gasteiger partial charge >= 0.3 is 0 Å². The summed E-state index contributed by atoms with van der Waals surface area (Å²) in [4.78, 5) is 61.9. The van der Waals surface area contributed by atoms with Crippen LogP contribution in [0, 0.1) is 10.8 Å². The molecule has 2 N–H and O–H groups in total.